The molecule has 0 heterocycles. The van der Waals surface area contributed by atoms with E-state index in [0.717, 1.165) is 4.47 Å². The number of ether oxygens (including phenoxy) is 1. The molecule has 5 nitrogen and oxygen atoms in total. The summed E-state index contributed by atoms with van der Waals surface area (Å²) in [6, 6.07) is 4.98. The summed E-state index contributed by atoms with van der Waals surface area (Å²) in [5, 5.41) is 2.98. The highest BCUT2D eigenvalue weighted by atomic mass is 79.9. The van der Waals surface area contributed by atoms with Crippen LogP contribution in [0.15, 0.2) is 22.7 Å². The Labute approximate surface area is 118 Å². The van der Waals surface area contributed by atoms with Crippen molar-refractivity contribution in [2.45, 2.75) is 0 Å². The molecule has 0 atom stereocenters. The Kier molecular flexibility index (Phi) is 6.11. The third-order valence-electron chi connectivity index (χ3n) is 1.95. The summed E-state index contributed by atoms with van der Waals surface area (Å²) in [7, 11) is 0. The number of rotatable bonds is 6. The standard InChI is InChI=1S/C11H12BrClN2O3/c12-7-1-2-8(9(13)5-7)11(17)15-3-4-18-6-10(14)16/h1-2,5H,3-4,6H2,(H2,14,16)(H,15,17). The summed E-state index contributed by atoms with van der Waals surface area (Å²) in [4.78, 5) is 22.1. The summed E-state index contributed by atoms with van der Waals surface area (Å²) in [6.45, 7) is 0.330. The van der Waals surface area contributed by atoms with Crippen LogP contribution in [-0.4, -0.2) is 31.6 Å². The highest BCUT2D eigenvalue weighted by molar-refractivity contribution is 9.10. The van der Waals surface area contributed by atoms with Gasteiger partial charge in [-0.05, 0) is 18.2 Å². The summed E-state index contributed by atoms with van der Waals surface area (Å²) in [6.07, 6.45) is 0. The lowest BCUT2D eigenvalue weighted by Gasteiger charge is -2.07. The number of amides is 2. The molecule has 0 spiro atoms. The molecule has 1 rings (SSSR count). The average Bonchev–Trinajstić information content (AvgIpc) is 2.27. The van der Waals surface area contributed by atoms with E-state index in [9.17, 15) is 9.59 Å². The highest BCUT2D eigenvalue weighted by Gasteiger charge is 2.09. The van der Waals surface area contributed by atoms with Gasteiger partial charge in [0, 0.05) is 11.0 Å². The van der Waals surface area contributed by atoms with Crippen LogP contribution in [0.2, 0.25) is 5.02 Å². The number of nitrogens with two attached hydrogens (primary N) is 1. The monoisotopic (exact) mass is 334 g/mol. The van der Waals surface area contributed by atoms with Gasteiger partial charge in [-0.3, -0.25) is 9.59 Å². The van der Waals surface area contributed by atoms with Crippen LogP contribution in [0.4, 0.5) is 0 Å². The van der Waals surface area contributed by atoms with Crippen molar-refractivity contribution in [1.82, 2.24) is 5.32 Å². The lowest BCUT2D eigenvalue weighted by atomic mass is 10.2. The molecule has 0 bridgehead atoms. The quantitative estimate of drug-likeness (QED) is 0.770. The predicted octanol–water partition coefficient (Wildman–Crippen LogP) is 1.33. The second-order valence-electron chi connectivity index (χ2n) is 3.40. The maximum absolute atomic E-state index is 11.7. The molecule has 0 aliphatic carbocycles. The van der Waals surface area contributed by atoms with Gasteiger partial charge in [-0.25, -0.2) is 0 Å². The molecule has 98 valence electrons. The topological polar surface area (TPSA) is 81.4 Å². The second kappa shape index (κ2) is 7.35. The minimum Gasteiger partial charge on any atom is -0.370 e. The van der Waals surface area contributed by atoms with Crippen LogP contribution in [0.25, 0.3) is 0 Å². The van der Waals surface area contributed by atoms with E-state index in [1.165, 1.54) is 0 Å². The van der Waals surface area contributed by atoms with E-state index in [4.69, 9.17) is 22.1 Å². The van der Waals surface area contributed by atoms with Crippen molar-refractivity contribution in [2.75, 3.05) is 19.8 Å². The first-order chi connectivity index (χ1) is 8.50. The minimum atomic E-state index is -0.544. The van der Waals surface area contributed by atoms with Gasteiger partial charge in [0.15, 0.2) is 0 Å². The molecule has 0 unspecified atom stereocenters. The number of primary amides is 1. The first-order valence-electron chi connectivity index (χ1n) is 5.10. The normalized spacial score (nSPS) is 10.1. The fraction of sp³-hybridized carbons (Fsp3) is 0.273. The van der Waals surface area contributed by atoms with E-state index >= 15 is 0 Å². The Bertz CT molecular complexity index is 454. The van der Waals surface area contributed by atoms with Crippen LogP contribution >= 0.6 is 27.5 Å². The van der Waals surface area contributed by atoms with Gasteiger partial charge in [0.05, 0.1) is 17.2 Å². The lowest BCUT2D eigenvalue weighted by Crippen LogP contribution is -2.29. The van der Waals surface area contributed by atoms with Gasteiger partial charge in [-0.15, -0.1) is 0 Å². The van der Waals surface area contributed by atoms with Crippen LogP contribution in [0, 0.1) is 0 Å². The van der Waals surface area contributed by atoms with Crippen molar-refractivity contribution in [1.29, 1.82) is 0 Å². The van der Waals surface area contributed by atoms with Crippen molar-refractivity contribution in [3.05, 3.63) is 33.3 Å². The van der Waals surface area contributed by atoms with Crippen LogP contribution in [0.1, 0.15) is 10.4 Å². The smallest absolute Gasteiger partial charge is 0.252 e. The van der Waals surface area contributed by atoms with E-state index in [-0.39, 0.29) is 25.7 Å². The Balaban J connectivity index is 2.39. The molecule has 7 heteroatoms. The zero-order valence-electron chi connectivity index (χ0n) is 9.41. The Morgan fingerprint density at radius 3 is 2.78 bits per heavy atom. The zero-order valence-corrected chi connectivity index (χ0v) is 11.8. The van der Waals surface area contributed by atoms with Gasteiger partial charge >= 0.3 is 0 Å². The van der Waals surface area contributed by atoms with Gasteiger partial charge in [0.1, 0.15) is 6.61 Å². The van der Waals surface area contributed by atoms with Gasteiger partial charge < -0.3 is 15.8 Å². The molecule has 0 aromatic heterocycles. The first-order valence-corrected chi connectivity index (χ1v) is 6.27. The predicted molar refractivity (Wildman–Crippen MR) is 71.5 cm³/mol. The van der Waals surface area contributed by atoms with E-state index in [1.54, 1.807) is 18.2 Å². The van der Waals surface area contributed by atoms with Gasteiger partial charge in [-0.2, -0.15) is 0 Å². The van der Waals surface area contributed by atoms with Crippen molar-refractivity contribution < 1.29 is 14.3 Å². The average molecular weight is 336 g/mol. The molecule has 0 aliphatic heterocycles. The van der Waals surface area contributed by atoms with E-state index in [1.807, 2.05) is 0 Å². The molecule has 18 heavy (non-hydrogen) atoms. The van der Waals surface area contributed by atoms with Crippen LogP contribution in [0.3, 0.4) is 0 Å². The number of hydrogen-bond donors (Lipinski definition) is 2. The third-order valence-corrected chi connectivity index (χ3v) is 2.76. The maximum Gasteiger partial charge on any atom is 0.252 e. The summed E-state index contributed by atoms with van der Waals surface area (Å²) in [5.41, 5.74) is 5.27. The molecule has 0 radical (unpaired) electrons. The number of benzene rings is 1. The fourth-order valence-corrected chi connectivity index (χ4v) is 1.94. The third kappa shape index (κ3) is 5.03. The minimum absolute atomic E-state index is 0.158. The molecule has 1 aromatic rings. The molecule has 0 aliphatic rings. The maximum atomic E-state index is 11.7. The largest absolute Gasteiger partial charge is 0.370 e. The number of carbonyl (C=O) groups excluding carboxylic acids is 2. The Morgan fingerprint density at radius 1 is 1.44 bits per heavy atom. The van der Waals surface area contributed by atoms with Crippen LogP contribution in [0.5, 0.6) is 0 Å². The number of halogens is 2. The van der Waals surface area contributed by atoms with Crippen LogP contribution < -0.4 is 11.1 Å². The molecular weight excluding hydrogens is 323 g/mol. The molecule has 1 aromatic carbocycles. The highest BCUT2D eigenvalue weighted by Crippen LogP contribution is 2.21. The van der Waals surface area contributed by atoms with Gasteiger partial charge in [0.25, 0.3) is 5.91 Å². The number of carbonyl (C=O) groups is 2. The van der Waals surface area contributed by atoms with Crippen molar-refractivity contribution in [2.24, 2.45) is 5.73 Å². The summed E-state index contributed by atoms with van der Waals surface area (Å²) in [5.74, 6) is -0.840. The molecule has 3 N–H and O–H groups in total. The molecule has 0 saturated heterocycles. The van der Waals surface area contributed by atoms with E-state index in [0.29, 0.717) is 10.6 Å². The summed E-state index contributed by atoms with van der Waals surface area (Å²) < 4.78 is 5.70. The molecule has 0 saturated carbocycles. The van der Waals surface area contributed by atoms with Gasteiger partial charge in [0.2, 0.25) is 5.91 Å². The second-order valence-corrected chi connectivity index (χ2v) is 4.72. The fourth-order valence-electron chi connectivity index (χ4n) is 1.18. The van der Waals surface area contributed by atoms with Gasteiger partial charge in [-0.1, -0.05) is 27.5 Å². The van der Waals surface area contributed by atoms with Crippen molar-refractivity contribution in [3.8, 4) is 0 Å². The first kappa shape index (κ1) is 14.9. The molecule has 0 fully saturated rings. The SMILES string of the molecule is NC(=O)COCCNC(=O)c1ccc(Br)cc1Cl. The Hall–Kier alpha value is -1.11. The molecular formula is C11H12BrClN2O3. The van der Waals surface area contributed by atoms with E-state index < -0.39 is 5.91 Å². The van der Waals surface area contributed by atoms with Crippen molar-refractivity contribution in [3.63, 3.8) is 0 Å². The Morgan fingerprint density at radius 2 is 2.17 bits per heavy atom. The number of hydrogen-bond acceptors (Lipinski definition) is 3. The lowest BCUT2D eigenvalue weighted by molar-refractivity contribution is -0.122. The zero-order chi connectivity index (χ0) is 13.5. The van der Waals surface area contributed by atoms with Crippen LogP contribution in [-0.2, 0) is 9.53 Å². The van der Waals surface area contributed by atoms with E-state index in [2.05, 4.69) is 21.2 Å². The summed E-state index contributed by atoms with van der Waals surface area (Å²) >= 11 is 9.17. The van der Waals surface area contributed by atoms with Crippen molar-refractivity contribution >= 4 is 39.3 Å². The molecule has 2 amide bonds. The number of nitrogens with one attached hydrogen (secondary N) is 1.